The number of aliphatic carboxylic acids is 1. The molecule has 2 aromatic carbocycles. The van der Waals surface area contributed by atoms with Gasteiger partial charge in [0.05, 0.1) is 11.3 Å². The summed E-state index contributed by atoms with van der Waals surface area (Å²) in [5, 5.41) is 13.0. The molecule has 2 N–H and O–H groups in total. The Kier molecular flexibility index (Phi) is 8.67. The van der Waals surface area contributed by atoms with Crippen LogP contribution >= 0.6 is 11.3 Å². The van der Waals surface area contributed by atoms with Gasteiger partial charge in [0.1, 0.15) is 17.5 Å². The average Bonchev–Trinajstić information content (AvgIpc) is 3.28. The van der Waals surface area contributed by atoms with Crippen LogP contribution < -0.4 is 5.32 Å². The lowest BCUT2D eigenvalue weighted by Crippen LogP contribution is -2.13. The van der Waals surface area contributed by atoms with Gasteiger partial charge < -0.3 is 5.11 Å². The van der Waals surface area contributed by atoms with Crippen LogP contribution in [0.15, 0.2) is 41.3 Å². The lowest BCUT2D eigenvalue weighted by atomic mass is 10.0. The number of nitrogens with zero attached hydrogens (tertiary/aromatic N) is 1. The fourth-order valence-corrected chi connectivity index (χ4v) is 3.99. The summed E-state index contributed by atoms with van der Waals surface area (Å²) < 4.78 is 43.8. The highest BCUT2D eigenvalue weighted by atomic mass is 32.1. The van der Waals surface area contributed by atoms with E-state index < -0.39 is 34.9 Å². The predicted molar refractivity (Wildman–Crippen MR) is 134 cm³/mol. The van der Waals surface area contributed by atoms with Gasteiger partial charge in [-0.25, -0.2) is 22.9 Å². The molecule has 0 fully saturated rings. The van der Waals surface area contributed by atoms with E-state index in [9.17, 15) is 18.4 Å². The SMILES string of the molecule is CCCC(C)C#Cc1cccc(-c2csc(NC(=O)c3cc(F)c(/C=C(\C)C(=O)O)c(F)c3)n2)c1F. The quantitative estimate of drug-likeness (QED) is 0.271. The molecule has 1 amide bonds. The number of hydrogen-bond donors (Lipinski definition) is 2. The highest BCUT2D eigenvalue weighted by molar-refractivity contribution is 7.14. The average molecular weight is 513 g/mol. The molecule has 3 aromatic rings. The van der Waals surface area contributed by atoms with Crippen molar-refractivity contribution in [2.24, 2.45) is 5.92 Å². The molecule has 5 nitrogen and oxygen atoms in total. The molecule has 0 aliphatic rings. The van der Waals surface area contributed by atoms with Crippen LogP contribution in [0.25, 0.3) is 17.3 Å². The number of carbonyl (C=O) groups excluding carboxylic acids is 1. The Labute approximate surface area is 210 Å². The van der Waals surface area contributed by atoms with Gasteiger partial charge >= 0.3 is 5.97 Å². The molecular weight excluding hydrogens is 489 g/mol. The smallest absolute Gasteiger partial charge is 0.331 e. The lowest BCUT2D eigenvalue weighted by Gasteiger charge is -2.06. The Hall–Kier alpha value is -3.90. The summed E-state index contributed by atoms with van der Waals surface area (Å²) in [4.78, 5) is 27.7. The van der Waals surface area contributed by atoms with Crippen molar-refractivity contribution in [3.63, 3.8) is 0 Å². The first-order valence-electron chi connectivity index (χ1n) is 11.1. The molecular formula is C27H23F3N2O3S. The van der Waals surface area contributed by atoms with Crippen molar-refractivity contribution in [2.75, 3.05) is 5.32 Å². The van der Waals surface area contributed by atoms with Crippen molar-refractivity contribution in [3.8, 4) is 23.1 Å². The van der Waals surface area contributed by atoms with Crippen molar-refractivity contribution in [1.82, 2.24) is 4.98 Å². The van der Waals surface area contributed by atoms with E-state index in [2.05, 4.69) is 29.1 Å². The van der Waals surface area contributed by atoms with Crippen LogP contribution in [0.5, 0.6) is 0 Å². The van der Waals surface area contributed by atoms with Crippen molar-refractivity contribution in [3.05, 3.63) is 75.4 Å². The molecule has 36 heavy (non-hydrogen) atoms. The van der Waals surface area contributed by atoms with Gasteiger partial charge in [-0.05, 0) is 43.7 Å². The third-order valence-electron chi connectivity index (χ3n) is 5.21. The number of anilines is 1. The molecule has 0 radical (unpaired) electrons. The van der Waals surface area contributed by atoms with Crippen LogP contribution in [-0.2, 0) is 4.79 Å². The third kappa shape index (κ3) is 6.40. The first kappa shape index (κ1) is 26.7. The highest BCUT2D eigenvalue weighted by Crippen LogP contribution is 2.29. The number of carboxylic acids is 1. The number of halogens is 3. The third-order valence-corrected chi connectivity index (χ3v) is 5.97. The summed E-state index contributed by atoms with van der Waals surface area (Å²) in [5.74, 6) is 1.19. The molecule has 186 valence electrons. The van der Waals surface area contributed by atoms with Crippen LogP contribution in [-0.4, -0.2) is 22.0 Å². The molecule has 0 saturated carbocycles. The van der Waals surface area contributed by atoms with Gasteiger partial charge in [-0.3, -0.25) is 10.1 Å². The maximum atomic E-state index is 15.0. The van der Waals surface area contributed by atoms with Gasteiger partial charge in [0.2, 0.25) is 0 Å². The minimum Gasteiger partial charge on any atom is -0.478 e. The van der Waals surface area contributed by atoms with Crippen molar-refractivity contribution >= 4 is 34.4 Å². The standard InChI is InChI=1S/C27H23F3N2O3S/c1-4-6-15(2)9-10-17-7-5-8-19(24(17)30)23-14-36-27(31-23)32-25(33)18-12-21(28)20(22(29)13-18)11-16(3)26(34)35/h5,7-8,11-15H,4,6H2,1-3H3,(H,34,35)(H,31,32,33)/b16-11+. The van der Waals surface area contributed by atoms with E-state index in [0.717, 1.165) is 42.4 Å². The normalized spacial score (nSPS) is 12.0. The number of benzene rings is 2. The molecule has 9 heteroatoms. The fourth-order valence-electron chi connectivity index (χ4n) is 3.29. The zero-order valence-electron chi connectivity index (χ0n) is 19.8. The zero-order valence-corrected chi connectivity index (χ0v) is 20.6. The second-order valence-electron chi connectivity index (χ2n) is 8.10. The Bertz CT molecular complexity index is 1380. The van der Waals surface area contributed by atoms with Gasteiger partial charge in [0.25, 0.3) is 5.91 Å². The van der Waals surface area contributed by atoms with Crippen LogP contribution in [0.4, 0.5) is 18.3 Å². The summed E-state index contributed by atoms with van der Waals surface area (Å²) in [6.45, 7) is 5.23. The van der Waals surface area contributed by atoms with Gasteiger partial charge in [0.15, 0.2) is 5.13 Å². The molecule has 0 aliphatic carbocycles. The van der Waals surface area contributed by atoms with Gasteiger partial charge in [0, 0.05) is 33.6 Å². The van der Waals surface area contributed by atoms with E-state index in [-0.39, 0.29) is 39.0 Å². The van der Waals surface area contributed by atoms with Crippen LogP contribution in [0.1, 0.15) is 55.1 Å². The topological polar surface area (TPSA) is 79.3 Å². The largest absolute Gasteiger partial charge is 0.478 e. The first-order valence-corrected chi connectivity index (χ1v) is 12.0. The minimum atomic E-state index is -1.32. The Morgan fingerprint density at radius 1 is 1.22 bits per heavy atom. The second kappa shape index (κ2) is 11.7. The number of carboxylic acid groups (broad SMARTS) is 1. The molecule has 0 aliphatic heterocycles. The molecule has 0 bridgehead atoms. The highest BCUT2D eigenvalue weighted by Gasteiger charge is 2.18. The van der Waals surface area contributed by atoms with E-state index in [1.54, 1.807) is 23.6 Å². The van der Waals surface area contributed by atoms with Crippen molar-refractivity contribution < 1.29 is 27.9 Å². The van der Waals surface area contributed by atoms with E-state index in [1.165, 1.54) is 6.92 Å². The number of aromatic nitrogens is 1. The zero-order chi connectivity index (χ0) is 26.4. The van der Waals surface area contributed by atoms with E-state index >= 15 is 4.39 Å². The fraction of sp³-hybridized carbons (Fsp3) is 0.222. The number of rotatable bonds is 7. The molecule has 1 aromatic heterocycles. The summed E-state index contributed by atoms with van der Waals surface area (Å²) in [6, 6.07) is 6.40. The Balaban J connectivity index is 1.81. The first-order chi connectivity index (χ1) is 17.1. The molecule has 1 unspecified atom stereocenters. The van der Waals surface area contributed by atoms with Gasteiger partial charge in [-0.2, -0.15) is 0 Å². The van der Waals surface area contributed by atoms with Crippen molar-refractivity contribution in [1.29, 1.82) is 0 Å². The lowest BCUT2D eigenvalue weighted by molar-refractivity contribution is -0.132. The Morgan fingerprint density at radius 3 is 2.56 bits per heavy atom. The number of carbonyl (C=O) groups is 2. The van der Waals surface area contributed by atoms with Crippen molar-refractivity contribution in [2.45, 2.75) is 33.6 Å². The van der Waals surface area contributed by atoms with Crippen LogP contribution in [0, 0.1) is 35.2 Å². The van der Waals surface area contributed by atoms with Gasteiger partial charge in [-0.1, -0.05) is 38.2 Å². The molecule has 0 spiro atoms. The van der Waals surface area contributed by atoms with Crippen LogP contribution in [0.3, 0.4) is 0 Å². The second-order valence-corrected chi connectivity index (χ2v) is 8.96. The van der Waals surface area contributed by atoms with Gasteiger partial charge in [-0.15, -0.1) is 11.3 Å². The molecule has 0 saturated heterocycles. The maximum Gasteiger partial charge on any atom is 0.331 e. The van der Waals surface area contributed by atoms with E-state index in [4.69, 9.17) is 5.11 Å². The summed E-state index contributed by atoms with van der Waals surface area (Å²) >= 11 is 1.02. The predicted octanol–water partition coefficient (Wildman–Crippen LogP) is 6.76. The number of amides is 1. The number of hydrogen-bond acceptors (Lipinski definition) is 4. The number of thiazole rings is 1. The summed E-state index contributed by atoms with van der Waals surface area (Å²) in [5.41, 5.74) is -0.420. The minimum absolute atomic E-state index is 0.106. The molecule has 1 atom stereocenters. The van der Waals surface area contributed by atoms with E-state index in [1.807, 2.05) is 6.92 Å². The monoisotopic (exact) mass is 512 g/mol. The number of nitrogens with one attached hydrogen (secondary N) is 1. The molecule has 3 rings (SSSR count). The Morgan fingerprint density at radius 2 is 1.92 bits per heavy atom. The van der Waals surface area contributed by atoms with Crippen LogP contribution in [0.2, 0.25) is 0 Å². The summed E-state index contributed by atoms with van der Waals surface area (Å²) in [6.07, 6.45) is 2.74. The van der Waals surface area contributed by atoms with E-state index in [0.29, 0.717) is 0 Å². The summed E-state index contributed by atoms with van der Waals surface area (Å²) in [7, 11) is 0. The molecule has 1 heterocycles. The maximum absolute atomic E-state index is 15.0.